The van der Waals surface area contributed by atoms with Gasteiger partial charge in [0.05, 0.1) is 0 Å². The fraction of sp³-hybridized carbons (Fsp3) is 0.263. The molecule has 0 radical (unpaired) electrons. The number of rotatable bonds is 6. The molecule has 0 aliphatic heterocycles. The SMILES string of the molecule is CNC(=O)C(=NOC)c1cc(C)cc(OCc2ccccc2)c1C. The summed E-state index contributed by atoms with van der Waals surface area (Å²) in [5, 5.41) is 6.46. The molecule has 1 N–H and O–H groups in total. The average molecular weight is 326 g/mol. The van der Waals surface area contributed by atoms with E-state index in [-0.39, 0.29) is 11.6 Å². The third kappa shape index (κ3) is 4.13. The summed E-state index contributed by atoms with van der Waals surface area (Å²) >= 11 is 0. The first-order valence-electron chi connectivity index (χ1n) is 7.68. The summed E-state index contributed by atoms with van der Waals surface area (Å²) in [6.07, 6.45) is 0. The molecule has 0 bridgehead atoms. The minimum Gasteiger partial charge on any atom is -0.489 e. The summed E-state index contributed by atoms with van der Waals surface area (Å²) in [6, 6.07) is 13.8. The summed E-state index contributed by atoms with van der Waals surface area (Å²) < 4.78 is 5.96. The summed E-state index contributed by atoms with van der Waals surface area (Å²) in [6.45, 7) is 4.32. The maximum Gasteiger partial charge on any atom is 0.273 e. The van der Waals surface area contributed by atoms with Crippen molar-refractivity contribution >= 4 is 11.6 Å². The molecular formula is C19H22N2O3. The normalized spacial score (nSPS) is 11.1. The van der Waals surface area contributed by atoms with Crippen LogP contribution in [0.4, 0.5) is 0 Å². The molecule has 24 heavy (non-hydrogen) atoms. The minimum atomic E-state index is -0.306. The topological polar surface area (TPSA) is 59.9 Å². The Morgan fingerprint density at radius 2 is 1.88 bits per heavy atom. The Balaban J connectivity index is 2.35. The standard InChI is InChI=1S/C19H22N2O3/c1-13-10-16(18(21-23-4)19(22)20-3)14(2)17(11-13)24-12-15-8-6-5-7-9-15/h5-11H,12H2,1-4H3,(H,20,22). The number of oxime groups is 1. The van der Waals surface area contributed by atoms with Gasteiger partial charge in [-0.15, -0.1) is 0 Å². The first kappa shape index (κ1) is 17.5. The summed E-state index contributed by atoms with van der Waals surface area (Å²) in [7, 11) is 2.98. The molecule has 126 valence electrons. The van der Waals surface area contributed by atoms with E-state index in [0.717, 1.165) is 22.4 Å². The van der Waals surface area contributed by atoms with E-state index in [1.54, 1.807) is 7.05 Å². The van der Waals surface area contributed by atoms with E-state index in [4.69, 9.17) is 9.57 Å². The zero-order valence-electron chi connectivity index (χ0n) is 14.4. The molecule has 5 nitrogen and oxygen atoms in total. The number of benzene rings is 2. The van der Waals surface area contributed by atoms with Crippen LogP contribution in [0.2, 0.25) is 0 Å². The number of nitrogens with one attached hydrogen (secondary N) is 1. The molecule has 0 unspecified atom stereocenters. The van der Waals surface area contributed by atoms with E-state index in [9.17, 15) is 4.79 Å². The Kier molecular flexibility index (Phi) is 5.95. The number of hydrogen-bond donors (Lipinski definition) is 1. The van der Waals surface area contributed by atoms with Crippen LogP contribution in [0.15, 0.2) is 47.6 Å². The third-order valence-electron chi connectivity index (χ3n) is 3.62. The van der Waals surface area contributed by atoms with Gasteiger partial charge in [-0.25, -0.2) is 0 Å². The van der Waals surface area contributed by atoms with Crippen LogP contribution in [0.3, 0.4) is 0 Å². The average Bonchev–Trinajstić information content (AvgIpc) is 2.60. The quantitative estimate of drug-likeness (QED) is 0.656. The van der Waals surface area contributed by atoms with E-state index < -0.39 is 0 Å². The molecule has 1 amide bonds. The fourth-order valence-electron chi connectivity index (χ4n) is 2.38. The maximum atomic E-state index is 12.1. The lowest BCUT2D eigenvalue weighted by molar-refractivity contribution is -0.114. The zero-order valence-corrected chi connectivity index (χ0v) is 14.4. The van der Waals surface area contributed by atoms with E-state index in [1.165, 1.54) is 7.11 Å². The van der Waals surface area contributed by atoms with Gasteiger partial charge in [0.15, 0.2) is 5.71 Å². The number of nitrogens with zero attached hydrogens (tertiary/aromatic N) is 1. The smallest absolute Gasteiger partial charge is 0.273 e. The van der Waals surface area contributed by atoms with Crippen molar-refractivity contribution < 1.29 is 14.4 Å². The van der Waals surface area contributed by atoms with Crippen LogP contribution in [0.25, 0.3) is 0 Å². The highest BCUT2D eigenvalue weighted by Gasteiger charge is 2.19. The summed E-state index contributed by atoms with van der Waals surface area (Å²) in [5.74, 6) is 0.418. The highest BCUT2D eigenvalue weighted by molar-refractivity contribution is 6.45. The first-order valence-corrected chi connectivity index (χ1v) is 7.68. The highest BCUT2D eigenvalue weighted by atomic mass is 16.6. The molecule has 2 rings (SSSR count). The van der Waals surface area contributed by atoms with Crippen molar-refractivity contribution in [1.82, 2.24) is 5.32 Å². The van der Waals surface area contributed by atoms with Gasteiger partial charge in [-0.3, -0.25) is 4.79 Å². The molecule has 0 fully saturated rings. The second-order valence-corrected chi connectivity index (χ2v) is 5.41. The minimum absolute atomic E-state index is 0.228. The molecule has 0 aliphatic rings. The lowest BCUT2D eigenvalue weighted by Crippen LogP contribution is -2.29. The molecule has 0 saturated heterocycles. The predicted octanol–water partition coefficient (Wildman–Crippen LogP) is 2.98. The van der Waals surface area contributed by atoms with Gasteiger partial charge in [0.25, 0.3) is 5.91 Å². The Labute approximate surface area is 142 Å². The number of carbonyl (C=O) groups is 1. The Bertz CT molecular complexity index is 740. The largest absolute Gasteiger partial charge is 0.489 e. The molecule has 0 aliphatic carbocycles. The van der Waals surface area contributed by atoms with Gasteiger partial charge in [0.2, 0.25) is 0 Å². The van der Waals surface area contributed by atoms with Gasteiger partial charge >= 0.3 is 0 Å². The number of amides is 1. The molecular weight excluding hydrogens is 304 g/mol. The number of likely N-dealkylation sites (N-methyl/N-ethyl adjacent to an activating group) is 1. The molecule has 0 atom stereocenters. The van der Waals surface area contributed by atoms with Gasteiger partial charge < -0.3 is 14.9 Å². The fourth-order valence-corrected chi connectivity index (χ4v) is 2.38. The van der Waals surface area contributed by atoms with Crippen molar-refractivity contribution in [2.45, 2.75) is 20.5 Å². The highest BCUT2D eigenvalue weighted by Crippen LogP contribution is 2.25. The van der Waals surface area contributed by atoms with Crippen molar-refractivity contribution in [3.05, 3.63) is 64.7 Å². The van der Waals surface area contributed by atoms with Crippen LogP contribution in [-0.2, 0) is 16.2 Å². The molecule has 0 saturated carbocycles. The number of aryl methyl sites for hydroxylation is 1. The van der Waals surface area contributed by atoms with Gasteiger partial charge in [0.1, 0.15) is 19.5 Å². The van der Waals surface area contributed by atoms with Crippen LogP contribution in [0.1, 0.15) is 22.3 Å². The second kappa shape index (κ2) is 8.15. The van der Waals surface area contributed by atoms with Crippen molar-refractivity contribution in [2.75, 3.05) is 14.2 Å². The molecule has 2 aromatic carbocycles. The molecule has 5 heteroatoms. The molecule has 0 heterocycles. The molecule has 0 aromatic heterocycles. The predicted molar refractivity (Wildman–Crippen MR) is 94.3 cm³/mol. The number of carbonyl (C=O) groups excluding carboxylic acids is 1. The van der Waals surface area contributed by atoms with Gasteiger partial charge in [-0.1, -0.05) is 35.5 Å². The Morgan fingerprint density at radius 1 is 1.17 bits per heavy atom. The van der Waals surface area contributed by atoms with Crippen molar-refractivity contribution in [3.63, 3.8) is 0 Å². The van der Waals surface area contributed by atoms with Crippen molar-refractivity contribution in [1.29, 1.82) is 0 Å². The Hall–Kier alpha value is -2.82. The summed E-state index contributed by atoms with van der Waals surface area (Å²) in [5.41, 5.74) is 3.82. The van der Waals surface area contributed by atoms with Crippen LogP contribution < -0.4 is 10.1 Å². The molecule has 2 aromatic rings. The lowest BCUT2D eigenvalue weighted by atomic mass is 9.99. The van der Waals surface area contributed by atoms with Crippen molar-refractivity contribution in [2.24, 2.45) is 5.16 Å². The van der Waals surface area contributed by atoms with Crippen LogP contribution in [0, 0.1) is 13.8 Å². The third-order valence-corrected chi connectivity index (χ3v) is 3.62. The second-order valence-electron chi connectivity index (χ2n) is 5.41. The van der Waals surface area contributed by atoms with Gasteiger partial charge in [0, 0.05) is 18.2 Å². The monoisotopic (exact) mass is 326 g/mol. The van der Waals surface area contributed by atoms with E-state index >= 15 is 0 Å². The van der Waals surface area contributed by atoms with Crippen LogP contribution in [-0.4, -0.2) is 25.8 Å². The number of ether oxygens (including phenoxy) is 1. The molecule has 0 spiro atoms. The zero-order chi connectivity index (χ0) is 17.5. The van der Waals surface area contributed by atoms with E-state index in [1.807, 2.05) is 56.3 Å². The van der Waals surface area contributed by atoms with Gasteiger partial charge in [-0.05, 0) is 37.1 Å². The van der Waals surface area contributed by atoms with Crippen molar-refractivity contribution in [3.8, 4) is 5.75 Å². The first-order chi connectivity index (χ1) is 11.6. The number of hydrogen-bond acceptors (Lipinski definition) is 4. The maximum absolute atomic E-state index is 12.1. The van der Waals surface area contributed by atoms with Gasteiger partial charge in [-0.2, -0.15) is 0 Å². The summed E-state index contributed by atoms with van der Waals surface area (Å²) in [4.78, 5) is 16.9. The van der Waals surface area contributed by atoms with E-state index in [0.29, 0.717) is 12.2 Å². The van der Waals surface area contributed by atoms with Crippen LogP contribution in [0.5, 0.6) is 5.75 Å². The van der Waals surface area contributed by atoms with E-state index in [2.05, 4.69) is 10.5 Å². The lowest BCUT2D eigenvalue weighted by Gasteiger charge is -2.15. The Morgan fingerprint density at radius 3 is 2.50 bits per heavy atom. The van der Waals surface area contributed by atoms with Crippen LogP contribution >= 0.6 is 0 Å².